The second-order valence-corrected chi connectivity index (χ2v) is 8.46. The summed E-state index contributed by atoms with van der Waals surface area (Å²) in [6.45, 7) is 3.49. The third-order valence-corrected chi connectivity index (χ3v) is 5.93. The second-order valence-electron chi connectivity index (χ2n) is 8.05. The fourth-order valence-corrected chi connectivity index (χ4v) is 4.20. The average Bonchev–Trinajstić information content (AvgIpc) is 2.83. The van der Waals surface area contributed by atoms with Gasteiger partial charge < -0.3 is 34.3 Å². The molecular weight excluding hydrogens is 476 g/mol. The predicted octanol–water partition coefficient (Wildman–Crippen LogP) is 2.64. The number of hydrogen-bond acceptors (Lipinski definition) is 8. The van der Waals surface area contributed by atoms with Crippen LogP contribution >= 0.6 is 11.6 Å². The standard InChI is InChI=1S/C26H29ClO8/c1-4-10-32-13-17-11-21(27)19(16-6-8-18(9-7-16)33-5-2)12-20(17)26-25(31)24(30)23(29)22(35-26)14-34-15(3)28/h1,6-9,11-12,22-26,29-31H,5,10,13-14H2,2-3H3/t22-,23-,24+,25-,26+/m1/s1. The highest BCUT2D eigenvalue weighted by molar-refractivity contribution is 6.33. The van der Waals surface area contributed by atoms with Crippen molar-refractivity contribution in [2.24, 2.45) is 0 Å². The van der Waals surface area contributed by atoms with Gasteiger partial charge in [-0.25, -0.2) is 0 Å². The minimum absolute atomic E-state index is 0.0577. The van der Waals surface area contributed by atoms with Crippen LogP contribution in [-0.2, 0) is 25.6 Å². The Bertz CT molecular complexity index is 1050. The SMILES string of the molecule is C#CCOCc1cc(Cl)c(-c2ccc(OCC)cc2)cc1[C@@H]1O[C@H](COC(C)=O)[C@@H](O)[C@H](O)[C@H]1O. The van der Waals surface area contributed by atoms with Crippen LogP contribution in [0.4, 0.5) is 0 Å². The molecule has 5 atom stereocenters. The fraction of sp³-hybridized carbons (Fsp3) is 0.423. The Morgan fingerprint density at radius 2 is 1.86 bits per heavy atom. The molecule has 0 spiro atoms. The van der Waals surface area contributed by atoms with Gasteiger partial charge in [0.05, 0.1) is 13.2 Å². The summed E-state index contributed by atoms with van der Waals surface area (Å²) in [6.07, 6.45) is -1.32. The molecule has 0 aliphatic carbocycles. The number of carbonyl (C=O) groups is 1. The first-order valence-electron chi connectivity index (χ1n) is 11.2. The van der Waals surface area contributed by atoms with Crippen molar-refractivity contribution in [1.29, 1.82) is 0 Å². The Morgan fingerprint density at radius 1 is 1.14 bits per heavy atom. The van der Waals surface area contributed by atoms with E-state index < -0.39 is 36.5 Å². The van der Waals surface area contributed by atoms with Crippen molar-refractivity contribution in [2.75, 3.05) is 19.8 Å². The number of ether oxygens (including phenoxy) is 4. The van der Waals surface area contributed by atoms with Crippen LogP contribution < -0.4 is 4.74 Å². The lowest BCUT2D eigenvalue weighted by atomic mass is 9.87. The number of hydrogen-bond donors (Lipinski definition) is 3. The molecule has 1 heterocycles. The zero-order valence-electron chi connectivity index (χ0n) is 19.5. The van der Waals surface area contributed by atoms with Crippen LogP contribution in [-0.4, -0.2) is 65.5 Å². The Kier molecular flexibility index (Phi) is 9.52. The molecule has 0 amide bonds. The van der Waals surface area contributed by atoms with E-state index in [1.165, 1.54) is 6.92 Å². The number of benzene rings is 2. The molecule has 1 fully saturated rings. The topological polar surface area (TPSA) is 115 Å². The van der Waals surface area contributed by atoms with Crippen LogP contribution in [0.3, 0.4) is 0 Å². The highest BCUT2D eigenvalue weighted by Gasteiger charge is 2.45. The molecule has 2 aromatic carbocycles. The number of rotatable bonds is 9. The first-order chi connectivity index (χ1) is 16.8. The number of esters is 1. The van der Waals surface area contributed by atoms with Gasteiger partial charge in [-0.15, -0.1) is 6.42 Å². The van der Waals surface area contributed by atoms with Crippen molar-refractivity contribution < 1.29 is 39.1 Å². The molecule has 0 radical (unpaired) electrons. The summed E-state index contributed by atoms with van der Waals surface area (Å²) in [6, 6.07) is 10.8. The average molecular weight is 505 g/mol. The van der Waals surface area contributed by atoms with Gasteiger partial charge in [-0.2, -0.15) is 0 Å². The Labute approximate surface area is 209 Å². The zero-order chi connectivity index (χ0) is 25.5. The quantitative estimate of drug-likeness (QED) is 0.271. The van der Waals surface area contributed by atoms with Gasteiger partial charge in [0.25, 0.3) is 0 Å². The molecule has 1 aliphatic rings. The van der Waals surface area contributed by atoms with Gasteiger partial charge >= 0.3 is 5.97 Å². The largest absolute Gasteiger partial charge is 0.494 e. The molecule has 3 N–H and O–H groups in total. The van der Waals surface area contributed by atoms with Crippen LogP contribution in [0.15, 0.2) is 36.4 Å². The van der Waals surface area contributed by atoms with Crippen molar-refractivity contribution in [3.8, 4) is 29.2 Å². The summed E-state index contributed by atoms with van der Waals surface area (Å²) in [4.78, 5) is 11.3. The predicted molar refractivity (Wildman–Crippen MR) is 129 cm³/mol. The number of aliphatic hydroxyl groups excluding tert-OH is 3. The molecular formula is C26H29ClO8. The molecule has 2 aromatic rings. The van der Waals surface area contributed by atoms with E-state index in [1.807, 2.05) is 31.2 Å². The second kappa shape index (κ2) is 12.4. The van der Waals surface area contributed by atoms with Crippen LogP contribution in [0, 0.1) is 12.3 Å². The Balaban J connectivity index is 2.03. The summed E-state index contributed by atoms with van der Waals surface area (Å²) < 4.78 is 21.9. The van der Waals surface area contributed by atoms with Gasteiger partial charge in [-0.1, -0.05) is 29.7 Å². The van der Waals surface area contributed by atoms with E-state index in [-0.39, 0.29) is 19.8 Å². The van der Waals surface area contributed by atoms with Gasteiger partial charge in [0.15, 0.2) is 0 Å². The molecule has 0 saturated carbocycles. The summed E-state index contributed by atoms with van der Waals surface area (Å²) in [5.41, 5.74) is 2.51. The summed E-state index contributed by atoms with van der Waals surface area (Å²) in [7, 11) is 0. The van der Waals surface area contributed by atoms with Gasteiger partial charge in [0.1, 0.15) is 49.5 Å². The van der Waals surface area contributed by atoms with E-state index in [2.05, 4.69) is 5.92 Å². The van der Waals surface area contributed by atoms with Crippen LogP contribution in [0.5, 0.6) is 5.75 Å². The van der Waals surface area contributed by atoms with Crippen molar-refractivity contribution in [2.45, 2.75) is 51.0 Å². The summed E-state index contributed by atoms with van der Waals surface area (Å²) >= 11 is 6.61. The molecule has 0 unspecified atom stereocenters. The maximum atomic E-state index is 11.3. The minimum atomic E-state index is -1.54. The molecule has 1 saturated heterocycles. The molecule has 1 aliphatic heterocycles. The van der Waals surface area contributed by atoms with Crippen LogP contribution in [0.1, 0.15) is 31.1 Å². The van der Waals surface area contributed by atoms with E-state index in [1.54, 1.807) is 12.1 Å². The maximum absolute atomic E-state index is 11.3. The van der Waals surface area contributed by atoms with Crippen LogP contribution in [0.2, 0.25) is 5.02 Å². The molecule has 0 bridgehead atoms. The normalized spacial score (nSPS) is 24.0. The van der Waals surface area contributed by atoms with Gasteiger partial charge in [-0.05, 0) is 47.9 Å². The summed E-state index contributed by atoms with van der Waals surface area (Å²) in [5, 5.41) is 32.1. The van der Waals surface area contributed by atoms with E-state index in [0.717, 1.165) is 5.56 Å². The lowest BCUT2D eigenvalue weighted by Crippen LogP contribution is -2.55. The first kappa shape index (κ1) is 27.0. The van der Waals surface area contributed by atoms with Crippen molar-refractivity contribution in [1.82, 2.24) is 0 Å². The van der Waals surface area contributed by atoms with E-state index in [9.17, 15) is 20.1 Å². The fourth-order valence-electron chi connectivity index (χ4n) is 3.90. The number of carbonyl (C=O) groups excluding carboxylic acids is 1. The monoisotopic (exact) mass is 504 g/mol. The minimum Gasteiger partial charge on any atom is -0.494 e. The third kappa shape index (κ3) is 6.53. The molecule has 8 nitrogen and oxygen atoms in total. The van der Waals surface area contributed by atoms with E-state index in [4.69, 9.17) is 37.0 Å². The molecule has 0 aromatic heterocycles. The van der Waals surface area contributed by atoms with Crippen molar-refractivity contribution in [3.05, 3.63) is 52.5 Å². The third-order valence-electron chi connectivity index (χ3n) is 5.62. The maximum Gasteiger partial charge on any atom is 0.302 e. The molecule has 3 rings (SSSR count). The van der Waals surface area contributed by atoms with E-state index in [0.29, 0.717) is 34.1 Å². The number of terminal acetylenes is 1. The van der Waals surface area contributed by atoms with Gasteiger partial charge in [-0.3, -0.25) is 4.79 Å². The van der Waals surface area contributed by atoms with Gasteiger partial charge in [0, 0.05) is 17.5 Å². The first-order valence-corrected chi connectivity index (χ1v) is 11.5. The van der Waals surface area contributed by atoms with Gasteiger partial charge in [0.2, 0.25) is 0 Å². The number of aliphatic hydroxyl groups is 3. The van der Waals surface area contributed by atoms with Crippen LogP contribution in [0.25, 0.3) is 11.1 Å². The summed E-state index contributed by atoms with van der Waals surface area (Å²) in [5.74, 6) is 2.54. The lowest BCUT2D eigenvalue weighted by molar-refractivity contribution is -0.234. The highest BCUT2D eigenvalue weighted by Crippen LogP contribution is 2.39. The zero-order valence-corrected chi connectivity index (χ0v) is 20.3. The smallest absolute Gasteiger partial charge is 0.302 e. The molecule has 188 valence electrons. The highest BCUT2D eigenvalue weighted by atomic mass is 35.5. The Hall–Kier alpha value is -2.64. The Morgan fingerprint density at radius 3 is 2.49 bits per heavy atom. The van der Waals surface area contributed by atoms with Crippen molar-refractivity contribution >= 4 is 17.6 Å². The molecule has 9 heteroatoms. The molecule has 35 heavy (non-hydrogen) atoms. The number of halogens is 1. The van der Waals surface area contributed by atoms with E-state index >= 15 is 0 Å². The van der Waals surface area contributed by atoms with Crippen molar-refractivity contribution in [3.63, 3.8) is 0 Å². The lowest BCUT2D eigenvalue weighted by Gasteiger charge is -2.41.